The largest absolute Gasteiger partial charge is 0.406 e. The molecule has 3 N–H and O–H groups in total. The molecule has 0 aliphatic carbocycles. The zero-order chi connectivity index (χ0) is 23.8. The predicted octanol–water partition coefficient (Wildman–Crippen LogP) is 3.04. The molecule has 2 aliphatic heterocycles. The topological polar surface area (TPSA) is 82.7 Å². The number of nitrogens with one attached hydrogen (secondary N) is 3. The summed E-state index contributed by atoms with van der Waals surface area (Å²) >= 11 is 0. The first-order valence-corrected chi connectivity index (χ1v) is 10.3. The van der Waals surface area contributed by atoms with Crippen LogP contribution in [0, 0.1) is 0 Å². The number of halogens is 3. The van der Waals surface area contributed by atoms with Crippen LogP contribution < -0.4 is 16.1 Å². The van der Waals surface area contributed by atoms with Gasteiger partial charge in [0.05, 0.1) is 12.5 Å². The van der Waals surface area contributed by atoms with E-state index in [0.717, 1.165) is 5.01 Å². The third kappa shape index (κ3) is 4.31. The number of amides is 2. The van der Waals surface area contributed by atoms with E-state index in [9.17, 15) is 22.8 Å². The zero-order valence-electron chi connectivity index (χ0n) is 17.9. The monoisotopic (exact) mass is 460 g/mol. The Morgan fingerprint density at radius 1 is 1.12 bits per heavy atom. The maximum absolute atomic E-state index is 13.9. The molecule has 1 fully saturated rings. The molecule has 2 amide bonds. The first-order valence-electron chi connectivity index (χ1n) is 10.3. The van der Waals surface area contributed by atoms with Crippen molar-refractivity contribution in [1.29, 1.82) is 0 Å². The van der Waals surface area contributed by atoms with Crippen molar-refractivity contribution < 1.29 is 27.5 Å². The van der Waals surface area contributed by atoms with Gasteiger partial charge in [0.2, 0.25) is 0 Å². The minimum atomic E-state index is -4.62. The minimum Gasteiger partial charge on any atom is -0.380 e. The Morgan fingerprint density at radius 3 is 2.45 bits per heavy atom. The summed E-state index contributed by atoms with van der Waals surface area (Å²) in [7, 11) is 1.51. The second-order valence-corrected chi connectivity index (χ2v) is 7.89. The lowest BCUT2D eigenvalue weighted by Gasteiger charge is -2.34. The van der Waals surface area contributed by atoms with Gasteiger partial charge in [-0.3, -0.25) is 9.59 Å². The van der Waals surface area contributed by atoms with E-state index in [1.807, 2.05) is 0 Å². The maximum atomic E-state index is 13.9. The first kappa shape index (κ1) is 22.8. The van der Waals surface area contributed by atoms with Gasteiger partial charge in [-0.1, -0.05) is 48.5 Å². The second-order valence-electron chi connectivity index (χ2n) is 7.89. The number of ether oxygens (including phenoxy) is 1. The van der Waals surface area contributed by atoms with E-state index in [-0.39, 0.29) is 17.9 Å². The highest BCUT2D eigenvalue weighted by Crippen LogP contribution is 2.41. The quantitative estimate of drug-likeness (QED) is 0.598. The van der Waals surface area contributed by atoms with Crippen LogP contribution >= 0.6 is 0 Å². The van der Waals surface area contributed by atoms with E-state index in [1.165, 1.54) is 14.0 Å². The van der Waals surface area contributed by atoms with Crippen LogP contribution in [0.4, 0.5) is 18.9 Å². The highest BCUT2D eigenvalue weighted by atomic mass is 19.4. The van der Waals surface area contributed by atoms with Crippen LogP contribution in [0.3, 0.4) is 0 Å². The van der Waals surface area contributed by atoms with Crippen molar-refractivity contribution in [3.8, 4) is 0 Å². The Balaban J connectivity index is 1.65. The number of nitrogens with zero attached hydrogens (tertiary/aromatic N) is 1. The van der Waals surface area contributed by atoms with E-state index >= 15 is 0 Å². The number of carbonyl (C=O) groups is 2. The molecule has 33 heavy (non-hydrogen) atoms. The standard InChI is InChI=1S/C23H23F3N4O3/c1-13-17(21(31)28-16-11-7-6-10-15(16)12-33-2)22(32)30-20(27-13)18(14-8-4-3-5-9-14)19(29-30)23(24,25)26/h3-11,18-20,27,29H,12H2,1-2H3,(H,28,31). The maximum Gasteiger partial charge on any atom is 0.406 e. The van der Waals surface area contributed by atoms with Crippen LogP contribution in [-0.4, -0.2) is 42.3 Å². The number of hydrazine groups is 1. The van der Waals surface area contributed by atoms with Gasteiger partial charge in [-0.15, -0.1) is 0 Å². The van der Waals surface area contributed by atoms with Gasteiger partial charge in [0.15, 0.2) is 0 Å². The van der Waals surface area contributed by atoms with E-state index in [4.69, 9.17) is 4.74 Å². The SMILES string of the molecule is COCc1ccccc1NC(=O)C1=C(C)NC2C(c3ccccc3)C(C(F)(F)F)NN2C1=O. The normalized spacial score (nSPS) is 22.8. The molecule has 2 aromatic rings. The Hall–Kier alpha value is -3.37. The molecule has 1 saturated heterocycles. The second kappa shape index (κ2) is 8.87. The smallest absolute Gasteiger partial charge is 0.380 e. The zero-order valence-corrected chi connectivity index (χ0v) is 17.9. The number of benzene rings is 2. The molecular weight excluding hydrogens is 437 g/mol. The highest BCUT2D eigenvalue weighted by Gasteiger charge is 2.58. The molecule has 3 unspecified atom stereocenters. The predicted molar refractivity (Wildman–Crippen MR) is 114 cm³/mol. The molecule has 4 rings (SSSR count). The lowest BCUT2D eigenvalue weighted by atomic mass is 9.89. The molecular formula is C23H23F3N4O3. The number of anilines is 1. The number of fused-ring (bicyclic) bond motifs is 1. The summed E-state index contributed by atoms with van der Waals surface area (Å²) in [5, 5.41) is 6.50. The average molecular weight is 460 g/mol. The van der Waals surface area contributed by atoms with Crippen LogP contribution in [0.2, 0.25) is 0 Å². The van der Waals surface area contributed by atoms with Crippen LogP contribution in [0.15, 0.2) is 65.9 Å². The molecule has 2 aliphatic rings. The fourth-order valence-corrected chi connectivity index (χ4v) is 4.27. The number of alkyl halides is 3. The van der Waals surface area contributed by atoms with Gasteiger partial charge >= 0.3 is 6.18 Å². The van der Waals surface area contributed by atoms with Crippen molar-refractivity contribution in [2.45, 2.75) is 37.8 Å². The number of carbonyl (C=O) groups excluding carboxylic acids is 2. The summed E-state index contributed by atoms with van der Waals surface area (Å²) in [6.45, 7) is 1.75. The molecule has 10 heteroatoms. The summed E-state index contributed by atoms with van der Waals surface area (Å²) in [5.74, 6) is -2.65. The Bertz CT molecular complexity index is 1090. The highest BCUT2D eigenvalue weighted by molar-refractivity contribution is 6.23. The van der Waals surface area contributed by atoms with Crippen molar-refractivity contribution >= 4 is 17.5 Å². The molecule has 7 nitrogen and oxygen atoms in total. The van der Waals surface area contributed by atoms with Crippen molar-refractivity contribution in [2.75, 3.05) is 12.4 Å². The number of methoxy groups -OCH3 is 1. The van der Waals surface area contributed by atoms with Crippen molar-refractivity contribution in [1.82, 2.24) is 15.8 Å². The minimum absolute atomic E-state index is 0.202. The molecule has 0 radical (unpaired) electrons. The van der Waals surface area contributed by atoms with Gasteiger partial charge in [-0.25, -0.2) is 10.4 Å². The fraction of sp³-hybridized carbons (Fsp3) is 0.304. The van der Waals surface area contributed by atoms with E-state index in [0.29, 0.717) is 16.8 Å². The van der Waals surface area contributed by atoms with E-state index in [1.54, 1.807) is 54.6 Å². The third-order valence-electron chi connectivity index (χ3n) is 5.76. The molecule has 0 saturated carbocycles. The number of allylic oxidation sites excluding steroid dienone is 1. The third-order valence-corrected chi connectivity index (χ3v) is 5.76. The van der Waals surface area contributed by atoms with Gasteiger partial charge in [-0.05, 0) is 18.6 Å². The van der Waals surface area contributed by atoms with Crippen LogP contribution in [0.1, 0.15) is 24.0 Å². The molecule has 2 heterocycles. The molecule has 3 atom stereocenters. The Labute approximate surface area is 188 Å². The van der Waals surface area contributed by atoms with E-state index < -0.39 is 36.1 Å². The van der Waals surface area contributed by atoms with Crippen molar-refractivity contribution in [3.63, 3.8) is 0 Å². The molecule has 2 aromatic carbocycles. The summed E-state index contributed by atoms with van der Waals surface area (Å²) in [6.07, 6.45) is -5.63. The molecule has 0 spiro atoms. The van der Waals surface area contributed by atoms with Crippen molar-refractivity contribution in [2.24, 2.45) is 0 Å². The first-order chi connectivity index (χ1) is 15.7. The van der Waals surface area contributed by atoms with Crippen LogP contribution in [0.5, 0.6) is 0 Å². The van der Waals surface area contributed by atoms with Crippen molar-refractivity contribution in [3.05, 3.63) is 77.0 Å². The number of hydrogen-bond donors (Lipinski definition) is 3. The summed E-state index contributed by atoms with van der Waals surface area (Å²) in [5.41, 5.74) is 3.80. The Morgan fingerprint density at radius 2 is 1.79 bits per heavy atom. The molecule has 174 valence electrons. The Kier molecular flexibility index (Phi) is 6.13. The van der Waals surface area contributed by atoms with E-state index in [2.05, 4.69) is 16.1 Å². The fourth-order valence-electron chi connectivity index (χ4n) is 4.27. The van der Waals surface area contributed by atoms with Gasteiger partial charge in [0, 0.05) is 24.1 Å². The van der Waals surface area contributed by atoms with Gasteiger partial charge in [-0.2, -0.15) is 13.2 Å². The van der Waals surface area contributed by atoms with Crippen LogP contribution in [0.25, 0.3) is 0 Å². The van der Waals surface area contributed by atoms with Crippen LogP contribution in [-0.2, 0) is 20.9 Å². The number of para-hydroxylation sites is 1. The number of hydrogen-bond acceptors (Lipinski definition) is 5. The average Bonchev–Trinajstić information content (AvgIpc) is 3.16. The summed E-state index contributed by atoms with van der Waals surface area (Å²) in [4.78, 5) is 26.2. The molecule has 0 bridgehead atoms. The number of rotatable bonds is 5. The summed E-state index contributed by atoms with van der Waals surface area (Å²) in [6, 6.07) is 13.1. The lowest BCUT2D eigenvalue weighted by Crippen LogP contribution is -2.56. The van der Waals surface area contributed by atoms with Gasteiger partial charge in [0.25, 0.3) is 11.8 Å². The summed E-state index contributed by atoms with van der Waals surface area (Å²) < 4.78 is 46.8. The van der Waals surface area contributed by atoms with Gasteiger partial charge < -0.3 is 15.4 Å². The van der Waals surface area contributed by atoms with Gasteiger partial charge in [0.1, 0.15) is 17.8 Å². The molecule has 0 aromatic heterocycles. The lowest BCUT2D eigenvalue weighted by molar-refractivity contribution is -0.161.